The summed E-state index contributed by atoms with van der Waals surface area (Å²) < 4.78 is 0. The van der Waals surface area contributed by atoms with Crippen LogP contribution in [0.15, 0.2) is 30.0 Å². The Morgan fingerprint density at radius 1 is 1.03 bits per heavy atom. The van der Waals surface area contributed by atoms with Gasteiger partial charge in [-0.15, -0.1) is 0 Å². The Morgan fingerprint density at radius 3 is 2.31 bits per heavy atom. The zero-order valence-electron chi connectivity index (χ0n) is 18.2. The number of hydrogen-bond acceptors (Lipinski definition) is 3. The summed E-state index contributed by atoms with van der Waals surface area (Å²) in [4.78, 5) is 39.2. The molecule has 1 saturated heterocycles. The molecule has 2 aliphatic heterocycles. The maximum Gasteiger partial charge on any atom is 0.262 e. The van der Waals surface area contributed by atoms with Crippen molar-refractivity contribution in [1.82, 2.24) is 10.2 Å². The SMILES string of the molecule is CC/C=C1/CCC(N2C(=O)c3cccc(CCC)c3C2=O)C(=O)N1.CCCCC. The molecule has 29 heavy (non-hydrogen) atoms. The van der Waals surface area contributed by atoms with Crippen LogP contribution < -0.4 is 5.32 Å². The average Bonchev–Trinajstić information content (AvgIpc) is 2.95. The number of benzene rings is 1. The number of nitrogens with one attached hydrogen (secondary N) is 1. The van der Waals surface area contributed by atoms with Crippen LogP contribution in [0.1, 0.15) is 98.9 Å². The van der Waals surface area contributed by atoms with Gasteiger partial charge >= 0.3 is 0 Å². The molecule has 1 fully saturated rings. The Labute approximate surface area is 174 Å². The molecule has 0 aliphatic carbocycles. The quantitative estimate of drug-likeness (QED) is 0.686. The van der Waals surface area contributed by atoms with E-state index in [1.165, 1.54) is 19.3 Å². The number of carbonyl (C=O) groups excluding carboxylic acids is 3. The maximum absolute atomic E-state index is 12.9. The van der Waals surface area contributed by atoms with E-state index in [4.69, 9.17) is 0 Å². The molecule has 0 radical (unpaired) electrons. The van der Waals surface area contributed by atoms with Gasteiger partial charge in [0.25, 0.3) is 11.8 Å². The van der Waals surface area contributed by atoms with Crippen molar-refractivity contribution in [3.63, 3.8) is 0 Å². The lowest BCUT2D eigenvalue weighted by Gasteiger charge is -2.30. The van der Waals surface area contributed by atoms with E-state index in [1.54, 1.807) is 6.07 Å². The van der Waals surface area contributed by atoms with Crippen molar-refractivity contribution in [1.29, 1.82) is 0 Å². The number of allylic oxidation sites excluding steroid dienone is 2. The molecular formula is C24H34N2O3. The standard InChI is InChI=1S/C19H22N2O3.C5H12/c1-3-6-12-8-5-9-14-16(12)19(24)21(18(14)23)15-11-10-13(7-4-2)20-17(15)22;1-3-5-4-2/h5,7-9,15H,3-4,6,10-11H2,1-2H3,(H,20,22);3-5H2,1-2H3/b13-7-;. The van der Waals surface area contributed by atoms with Gasteiger partial charge in [0.1, 0.15) is 6.04 Å². The smallest absolute Gasteiger partial charge is 0.262 e. The van der Waals surface area contributed by atoms with Gasteiger partial charge in [-0.2, -0.15) is 0 Å². The van der Waals surface area contributed by atoms with Gasteiger partial charge in [0, 0.05) is 5.70 Å². The molecule has 1 aromatic carbocycles. The topological polar surface area (TPSA) is 66.5 Å². The van der Waals surface area contributed by atoms with Gasteiger partial charge in [-0.3, -0.25) is 19.3 Å². The van der Waals surface area contributed by atoms with Crippen LogP contribution in [0.5, 0.6) is 0 Å². The van der Waals surface area contributed by atoms with Crippen molar-refractivity contribution < 1.29 is 14.4 Å². The number of imide groups is 1. The minimum absolute atomic E-state index is 0.271. The number of nitrogens with zero attached hydrogens (tertiary/aromatic N) is 1. The summed E-state index contributed by atoms with van der Waals surface area (Å²) >= 11 is 0. The number of aryl methyl sites for hydroxylation is 1. The molecule has 5 nitrogen and oxygen atoms in total. The number of hydrogen-bond donors (Lipinski definition) is 1. The zero-order chi connectivity index (χ0) is 21.4. The van der Waals surface area contributed by atoms with E-state index in [2.05, 4.69) is 19.2 Å². The minimum atomic E-state index is -0.721. The lowest BCUT2D eigenvalue weighted by molar-refractivity contribution is -0.125. The van der Waals surface area contributed by atoms with Crippen molar-refractivity contribution in [3.8, 4) is 0 Å². The van der Waals surface area contributed by atoms with Crippen molar-refractivity contribution >= 4 is 17.7 Å². The van der Waals surface area contributed by atoms with Crippen LogP contribution in [-0.4, -0.2) is 28.7 Å². The van der Waals surface area contributed by atoms with E-state index < -0.39 is 6.04 Å². The molecule has 158 valence electrons. The van der Waals surface area contributed by atoms with Gasteiger partial charge in [0.2, 0.25) is 5.91 Å². The van der Waals surface area contributed by atoms with E-state index >= 15 is 0 Å². The molecule has 1 N–H and O–H groups in total. The lowest BCUT2D eigenvalue weighted by atomic mass is 9.99. The fraction of sp³-hybridized carbons (Fsp3) is 0.542. The summed E-state index contributed by atoms with van der Waals surface area (Å²) in [6.45, 7) is 8.46. The fourth-order valence-corrected chi connectivity index (χ4v) is 3.86. The number of amides is 3. The van der Waals surface area contributed by atoms with Crippen LogP contribution >= 0.6 is 0 Å². The monoisotopic (exact) mass is 398 g/mol. The predicted octanol–water partition coefficient (Wildman–Crippen LogP) is 5.00. The van der Waals surface area contributed by atoms with Crippen molar-refractivity contribution in [2.24, 2.45) is 0 Å². The Morgan fingerprint density at radius 2 is 1.76 bits per heavy atom. The third-order valence-electron chi connectivity index (χ3n) is 5.29. The van der Waals surface area contributed by atoms with Gasteiger partial charge in [-0.25, -0.2) is 0 Å². The van der Waals surface area contributed by atoms with E-state index in [0.717, 1.165) is 35.4 Å². The fourth-order valence-electron chi connectivity index (χ4n) is 3.86. The Balaban J connectivity index is 0.000000537. The number of piperidine rings is 1. The highest BCUT2D eigenvalue weighted by molar-refractivity contribution is 6.23. The minimum Gasteiger partial charge on any atom is -0.328 e. The second-order valence-electron chi connectivity index (χ2n) is 7.60. The zero-order valence-corrected chi connectivity index (χ0v) is 18.2. The summed E-state index contributed by atoms with van der Waals surface area (Å²) in [5, 5.41) is 2.83. The summed E-state index contributed by atoms with van der Waals surface area (Å²) in [7, 11) is 0. The van der Waals surface area contributed by atoms with Gasteiger partial charge in [0.05, 0.1) is 11.1 Å². The molecule has 0 spiro atoms. The van der Waals surface area contributed by atoms with Crippen molar-refractivity contribution in [2.45, 2.75) is 85.1 Å². The highest BCUT2D eigenvalue weighted by Gasteiger charge is 2.44. The Hall–Kier alpha value is -2.43. The third-order valence-corrected chi connectivity index (χ3v) is 5.29. The summed E-state index contributed by atoms with van der Waals surface area (Å²) in [5.74, 6) is -0.953. The number of unbranched alkanes of at least 4 members (excludes halogenated alkanes) is 2. The maximum atomic E-state index is 12.9. The second kappa shape index (κ2) is 10.9. The first-order valence-corrected chi connectivity index (χ1v) is 11.0. The van der Waals surface area contributed by atoms with E-state index in [1.807, 2.05) is 32.1 Å². The molecule has 0 saturated carbocycles. The molecular weight excluding hydrogens is 364 g/mol. The molecule has 2 heterocycles. The first kappa shape index (κ1) is 22.9. The van der Waals surface area contributed by atoms with Crippen LogP contribution in [0.4, 0.5) is 0 Å². The number of fused-ring (bicyclic) bond motifs is 1. The molecule has 1 aromatic rings. The van der Waals surface area contributed by atoms with Gasteiger partial charge in [-0.05, 0) is 37.3 Å². The normalized spacial score (nSPS) is 19.7. The number of rotatable bonds is 6. The molecule has 0 bridgehead atoms. The highest BCUT2D eigenvalue weighted by atomic mass is 16.2. The third kappa shape index (κ3) is 5.14. The van der Waals surface area contributed by atoms with E-state index in [-0.39, 0.29) is 17.7 Å². The second-order valence-corrected chi connectivity index (χ2v) is 7.60. The molecule has 1 atom stereocenters. The van der Waals surface area contributed by atoms with Gasteiger partial charge in [0.15, 0.2) is 0 Å². The molecule has 3 rings (SSSR count). The largest absolute Gasteiger partial charge is 0.328 e. The van der Waals surface area contributed by atoms with Crippen LogP contribution in [0, 0.1) is 0 Å². The first-order chi connectivity index (χ1) is 14.0. The molecule has 3 amide bonds. The van der Waals surface area contributed by atoms with E-state index in [9.17, 15) is 14.4 Å². The molecule has 0 aromatic heterocycles. The Bertz CT molecular complexity index is 780. The number of carbonyl (C=O) groups is 3. The van der Waals surface area contributed by atoms with Crippen LogP contribution in [-0.2, 0) is 11.2 Å². The first-order valence-electron chi connectivity index (χ1n) is 11.0. The predicted molar refractivity (Wildman–Crippen MR) is 116 cm³/mol. The van der Waals surface area contributed by atoms with Crippen molar-refractivity contribution in [2.75, 3.05) is 0 Å². The summed E-state index contributed by atoms with van der Waals surface area (Å²) in [5.41, 5.74) is 2.67. The summed E-state index contributed by atoms with van der Waals surface area (Å²) in [6, 6.07) is 4.65. The highest BCUT2D eigenvalue weighted by Crippen LogP contribution is 2.31. The molecule has 1 unspecified atom stereocenters. The average molecular weight is 399 g/mol. The summed E-state index contributed by atoms with van der Waals surface area (Å²) in [6.07, 6.45) is 9.67. The lowest BCUT2D eigenvalue weighted by Crippen LogP contribution is -2.51. The van der Waals surface area contributed by atoms with Crippen molar-refractivity contribution in [3.05, 3.63) is 46.7 Å². The van der Waals surface area contributed by atoms with Crippen LogP contribution in [0.2, 0.25) is 0 Å². The van der Waals surface area contributed by atoms with Crippen LogP contribution in [0.3, 0.4) is 0 Å². The van der Waals surface area contributed by atoms with Gasteiger partial charge in [-0.1, -0.05) is 71.6 Å². The van der Waals surface area contributed by atoms with E-state index in [0.29, 0.717) is 24.0 Å². The van der Waals surface area contributed by atoms with Crippen LogP contribution in [0.25, 0.3) is 0 Å². The molecule has 5 heteroatoms. The van der Waals surface area contributed by atoms with Gasteiger partial charge < -0.3 is 5.32 Å². The molecule has 2 aliphatic rings. The Kier molecular flexibility index (Phi) is 8.62.